The van der Waals surface area contributed by atoms with Gasteiger partial charge in [-0.25, -0.2) is 0 Å². The second-order valence-electron chi connectivity index (χ2n) is 5.53. The summed E-state index contributed by atoms with van der Waals surface area (Å²) < 4.78 is 1.78. The standard InChI is InChI=1S/C14H24N4O/c1-18-10-6-12(17-18)5-9-16-13(19)14(11-15)7-3-2-4-8-14/h6,10H,2-5,7-9,11,15H2,1H3,(H,16,19). The van der Waals surface area contributed by atoms with Crippen LogP contribution in [0.5, 0.6) is 0 Å². The van der Waals surface area contributed by atoms with Crippen molar-refractivity contribution < 1.29 is 4.79 Å². The molecule has 1 heterocycles. The maximum absolute atomic E-state index is 12.3. The van der Waals surface area contributed by atoms with Crippen LogP contribution in [0.1, 0.15) is 37.8 Å². The van der Waals surface area contributed by atoms with Crippen LogP contribution in [0.4, 0.5) is 0 Å². The van der Waals surface area contributed by atoms with E-state index in [1.54, 1.807) is 4.68 Å². The molecule has 0 atom stereocenters. The number of hydrogen-bond donors (Lipinski definition) is 2. The fourth-order valence-corrected chi connectivity index (χ4v) is 2.84. The van der Waals surface area contributed by atoms with E-state index in [9.17, 15) is 4.79 Å². The van der Waals surface area contributed by atoms with Crippen molar-refractivity contribution in [3.05, 3.63) is 18.0 Å². The van der Waals surface area contributed by atoms with Gasteiger partial charge >= 0.3 is 0 Å². The first-order chi connectivity index (χ1) is 9.16. The lowest BCUT2D eigenvalue weighted by Gasteiger charge is -2.34. The lowest BCUT2D eigenvalue weighted by Crippen LogP contribution is -2.47. The molecule has 0 radical (unpaired) electrons. The number of aryl methyl sites for hydroxylation is 1. The summed E-state index contributed by atoms with van der Waals surface area (Å²) in [7, 11) is 1.90. The quantitative estimate of drug-likeness (QED) is 0.833. The molecule has 0 aromatic carbocycles. The van der Waals surface area contributed by atoms with Gasteiger partial charge in [0.2, 0.25) is 5.91 Å². The molecule has 1 aliphatic carbocycles. The fourth-order valence-electron chi connectivity index (χ4n) is 2.84. The van der Waals surface area contributed by atoms with Crippen molar-refractivity contribution in [1.29, 1.82) is 0 Å². The van der Waals surface area contributed by atoms with Gasteiger partial charge in [-0.1, -0.05) is 19.3 Å². The van der Waals surface area contributed by atoms with E-state index in [4.69, 9.17) is 5.73 Å². The van der Waals surface area contributed by atoms with Crippen LogP contribution < -0.4 is 11.1 Å². The van der Waals surface area contributed by atoms with Crippen LogP contribution in [-0.4, -0.2) is 28.8 Å². The molecule has 3 N–H and O–H groups in total. The van der Waals surface area contributed by atoms with E-state index in [2.05, 4.69) is 10.4 Å². The number of carbonyl (C=O) groups is 1. The summed E-state index contributed by atoms with van der Waals surface area (Å²) in [5.74, 6) is 0.130. The van der Waals surface area contributed by atoms with Gasteiger partial charge in [-0.2, -0.15) is 5.10 Å². The Balaban J connectivity index is 1.82. The van der Waals surface area contributed by atoms with E-state index < -0.39 is 0 Å². The fraction of sp³-hybridized carbons (Fsp3) is 0.714. The molecule has 106 valence electrons. The molecule has 1 amide bonds. The summed E-state index contributed by atoms with van der Waals surface area (Å²) in [5, 5.41) is 7.33. The highest BCUT2D eigenvalue weighted by Gasteiger charge is 2.37. The van der Waals surface area contributed by atoms with Gasteiger partial charge in [0.1, 0.15) is 0 Å². The molecule has 1 aromatic heterocycles. The molecule has 0 aliphatic heterocycles. The van der Waals surface area contributed by atoms with Crippen LogP contribution in [0.2, 0.25) is 0 Å². The van der Waals surface area contributed by atoms with Crippen LogP contribution in [0.25, 0.3) is 0 Å². The third kappa shape index (κ3) is 3.35. The van der Waals surface area contributed by atoms with E-state index in [0.29, 0.717) is 13.1 Å². The Morgan fingerprint density at radius 3 is 2.79 bits per heavy atom. The molecule has 0 unspecified atom stereocenters. The summed E-state index contributed by atoms with van der Waals surface area (Å²) >= 11 is 0. The molecule has 1 aromatic rings. The van der Waals surface area contributed by atoms with E-state index in [-0.39, 0.29) is 11.3 Å². The average molecular weight is 264 g/mol. The predicted molar refractivity (Wildman–Crippen MR) is 74.5 cm³/mol. The summed E-state index contributed by atoms with van der Waals surface area (Å²) in [5.41, 5.74) is 6.54. The molecule has 0 spiro atoms. The highest BCUT2D eigenvalue weighted by Crippen LogP contribution is 2.35. The number of carbonyl (C=O) groups excluding carboxylic acids is 1. The van der Waals surface area contributed by atoms with E-state index in [0.717, 1.165) is 37.8 Å². The molecular weight excluding hydrogens is 240 g/mol. The highest BCUT2D eigenvalue weighted by molar-refractivity contribution is 5.83. The van der Waals surface area contributed by atoms with Crippen LogP contribution in [0.3, 0.4) is 0 Å². The molecule has 5 heteroatoms. The molecule has 0 saturated heterocycles. The van der Waals surface area contributed by atoms with Crippen molar-refractivity contribution in [2.24, 2.45) is 18.2 Å². The Morgan fingerprint density at radius 1 is 1.47 bits per heavy atom. The highest BCUT2D eigenvalue weighted by atomic mass is 16.2. The maximum Gasteiger partial charge on any atom is 0.227 e. The zero-order chi connectivity index (χ0) is 13.7. The monoisotopic (exact) mass is 264 g/mol. The number of nitrogens with zero attached hydrogens (tertiary/aromatic N) is 2. The third-order valence-corrected chi connectivity index (χ3v) is 4.12. The Morgan fingerprint density at radius 2 is 2.21 bits per heavy atom. The lowest BCUT2D eigenvalue weighted by atomic mass is 9.73. The molecule has 5 nitrogen and oxygen atoms in total. The van der Waals surface area contributed by atoms with Crippen LogP contribution in [-0.2, 0) is 18.3 Å². The Kier molecular flexibility index (Phi) is 4.58. The molecule has 0 bridgehead atoms. The summed E-state index contributed by atoms with van der Waals surface area (Å²) in [6.45, 7) is 1.10. The molecule has 1 aliphatic rings. The minimum atomic E-state index is -0.317. The van der Waals surface area contributed by atoms with Crippen molar-refractivity contribution in [3.63, 3.8) is 0 Å². The number of hydrogen-bond acceptors (Lipinski definition) is 3. The molecule has 2 rings (SSSR count). The van der Waals surface area contributed by atoms with Crippen molar-refractivity contribution in [2.45, 2.75) is 38.5 Å². The molecule has 19 heavy (non-hydrogen) atoms. The number of nitrogens with one attached hydrogen (secondary N) is 1. The topological polar surface area (TPSA) is 72.9 Å². The van der Waals surface area contributed by atoms with Crippen molar-refractivity contribution in [2.75, 3.05) is 13.1 Å². The van der Waals surface area contributed by atoms with Crippen LogP contribution >= 0.6 is 0 Å². The summed E-state index contributed by atoms with van der Waals surface area (Å²) in [6.07, 6.45) is 8.00. The maximum atomic E-state index is 12.3. The minimum absolute atomic E-state index is 0.130. The van der Waals surface area contributed by atoms with Gasteiger partial charge in [-0.05, 0) is 18.9 Å². The number of rotatable bonds is 5. The first-order valence-electron chi connectivity index (χ1n) is 7.13. The van der Waals surface area contributed by atoms with Gasteiger partial charge in [-0.3, -0.25) is 9.48 Å². The largest absolute Gasteiger partial charge is 0.355 e. The Bertz CT molecular complexity index is 421. The van der Waals surface area contributed by atoms with Gasteiger partial charge < -0.3 is 11.1 Å². The zero-order valence-corrected chi connectivity index (χ0v) is 11.7. The Hall–Kier alpha value is -1.36. The van der Waals surface area contributed by atoms with Crippen LogP contribution in [0.15, 0.2) is 12.3 Å². The van der Waals surface area contributed by atoms with Gasteiger partial charge in [0, 0.05) is 32.8 Å². The van der Waals surface area contributed by atoms with Gasteiger partial charge in [0.05, 0.1) is 11.1 Å². The minimum Gasteiger partial charge on any atom is -0.355 e. The SMILES string of the molecule is Cn1ccc(CCNC(=O)C2(CN)CCCCC2)n1. The second-order valence-corrected chi connectivity index (χ2v) is 5.53. The zero-order valence-electron chi connectivity index (χ0n) is 11.7. The molecule has 1 saturated carbocycles. The number of amides is 1. The van der Waals surface area contributed by atoms with Gasteiger partial charge in [0.25, 0.3) is 0 Å². The van der Waals surface area contributed by atoms with Gasteiger partial charge in [0.15, 0.2) is 0 Å². The third-order valence-electron chi connectivity index (χ3n) is 4.12. The first-order valence-corrected chi connectivity index (χ1v) is 7.13. The first kappa shape index (κ1) is 14.1. The smallest absolute Gasteiger partial charge is 0.227 e. The van der Waals surface area contributed by atoms with Crippen LogP contribution in [0, 0.1) is 5.41 Å². The van der Waals surface area contributed by atoms with Gasteiger partial charge in [-0.15, -0.1) is 0 Å². The second kappa shape index (κ2) is 6.19. The normalized spacial score (nSPS) is 18.2. The van der Waals surface area contributed by atoms with Crippen molar-refractivity contribution in [3.8, 4) is 0 Å². The van der Waals surface area contributed by atoms with E-state index >= 15 is 0 Å². The molecular formula is C14H24N4O. The lowest BCUT2D eigenvalue weighted by molar-refractivity contribution is -0.132. The summed E-state index contributed by atoms with van der Waals surface area (Å²) in [4.78, 5) is 12.3. The molecule has 1 fully saturated rings. The average Bonchev–Trinajstić information content (AvgIpc) is 2.85. The van der Waals surface area contributed by atoms with Crippen molar-refractivity contribution in [1.82, 2.24) is 15.1 Å². The number of aromatic nitrogens is 2. The predicted octanol–water partition coefficient (Wildman–Crippen LogP) is 0.988. The summed E-state index contributed by atoms with van der Waals surface area (Å²) in [6, 6.07) is 1.98. The van der Waals surface area contributed by atoms with Crippen molar-refractivity contribution >= 4 is 5.91 Å². The van der Waals surface area contributed by atoms with E-state index in [1.165, 1.54) is 6.42 Å². The number of nitrogens with two attached hydrogens (primary N) is 1. The van der Waals surface area contributed by atoms with E-state index in [1.807, 2.05) is 19.3 Å². The Labute approximate surface area is 114 Å².